The molecule has 0 bridgehead atoms. The van der Waals surface area contributed by atoms with Crippen LogP contribution in [0.1, 0.15) is 11.1 Å². The summed E-state index contributed by atoms with van der Waals surface area (Å²) in [7, 11) is 0. The quantitative estimate of drug-likeness (QED) is 0.173. The summed E-state index contributed by atoms with van der Waals surface area (Å²) in [6.45, 7) is 0. The van der Waals surface area contributed by atoms with Crippen molar-refractivity contribution in [1.29, 1.82) is 0 Å². The molecule has 1 heterocycles. The topological polar surface area (TPSA) is 67.2 Å². The SMILES string of the molecule is O=C(CSc1nnc(SCc2cccc3ccccc23)s1)N/N=C/c1ccc(Br)cc1. The number of nitrogens with one attached hydrogen (secondary N) is 1. The lowest BCUT2D eigenvalue weighted by atomic mass is 10.1. The van der Waals surface area contributed by atoms with Crippen molar-refractivity contribution in [3.05, 3.63) is 82.3 Å². The number of thioether (sulfide) groups is 2. The monoisotopic (exact) mass is 528 g/mol. The predicted molar refractivity (Wildman–Crippen MR) is 134 cm³/mol. The number of aromatic nitrogens is 2. The summed E-state index contributed by atoms with van der Waals surface area (Å²) < 4.78 is 2.66. The summed E-state index contributed by atoms with van der Waals surface area (Å²) in [6.07, 6.45) is 1.61. The predicted octanol–water partition coefficient (Wildman–Crippen LogP) is 5.99. The highest BCUT2D eigenvalue weighted by atomic mass is 79.9. The Morgan fingerprint density at radius 1 is 1.00 bits per heavy atom. The van der Waals surface area contributed by atoms with Crippen LogP contribution in [0.3, 0.4) is 0 Å². The highest BCUT2D eigenvalue weighted by Crippen LogP contribution is 2.32. The van der Waals surface area contributed by atoms with Crippen molar-refractivity contribution in [2.75, 3.05) is 5.75 Å². The van der Waals surface area contributed by atoms with Gasteiger partial charge in [-0.2, -0.15) is 5.10 Å². The van der Waals surface area contributed by atoms with Gasteiger partial charge in [-0.05, 0) is 34.0 Å². The van der Waals surface area contributed by atoms with Gasteiger partial charge in [-0.1, -0.05) is 105 Å². The third-order valence-corrected chi connectivity index (χ3v) is 7.99. The first-order valence-electron chi connectivity index (χ1n) is 9.30. The molecule has 31 heavy (non-hydrogen) atoms. The van der Waals surface area contributed by atoms with Gasteiger partial charge in [0.2, 0.25) is 0 Å². The molecule has 0 saturated heterocycles. The Balaban J connectivity index is 1.25. The third kappa shape index (κ3) is 6.39. The second-order valence-corrected chi connectivity index (χ2v) is 10.7. The normalized spacial score (nSPS) is 11.3. The van der Waals surface area contributed by atoms with Crippen LogP contribution < -0.4 is 5.43 Å². The van der Waals surface area contributed by atoms with Crippen molar-refractivity contribution < 1.29 is 4.79 Å². The number of nitrogens with zero attached hydrogens (tertiary/aromatic N) is 3. The molecule has 0 unspecified atom stereocenters. The molecule has 1 N–H and O–H groups in total. The number of hydrazone groups is 1. The van der Waals surface area contributed by atoms with Gasteiger partial charge < -0.3 is 0 Å². The van der Waals surface area contributed by atoms with E-state index in [1.807, 2.05) is 24.3 Å². The molecular weight excluding hydrogens is 512 g/mol. The second kappa shape index (κ2) is 10.9. The molecule has 0 radical (unpaired) electrons. The fraction of sp³-hybridized carbons (Fsp3) is 0.0909. The van der Waals surface area contributed by atoms with Crippen molar-refractivity contribution in [3.63, 3.8) is 0 Å². The van der Waals surface area contributed by atoms with Crippen molar-refractivity contribution >= 4 is 73.7 Å². The van der Waals surface area contributed by atoms with Crippen LogP contribution in [-0.4, -0.2) is 28.1 Å². The van der Waals surface area contributed by atoms with Crippen LogP contribution in [0.5, 0.6) is 0 Å². The van der Waals surface area contributed by atoms with Gasteiger partial charge in [-0.25, -0.2) is 5.43 Å². The molecule has 5 nitrogen and oxygen atoms in total. The molecule has 156 valence electrons. The molecule has 0 aliphatic heterocycles. The molecule has 0 aliphatic carbocycles. The zero-order chi connectivity index (χ0) is 21.5. The van der Waals surface area contributed by atoms with E-state index in [0.29, 0.717) is 0 Å². The van der Waals surface area contributed by atoms with Gasteiger partial charge in [0.25, 0.3) is 5.91 Å². The van der Waals surface area contributed by atoms with Crippen molar-refractivity contribution in [2.24, 2.45) is 5.10 Å². The summed E-state index contributed by atoms with van der Waals surface area (Å²) in [6, 6.07) is 22.4. The zero-order valence-corrected chi connectivity index (χ0v) is 20.2. The molecule has 0 atom stereocenters. The van der Waals surface area contributed by atoms with E-state index in [2.05, 4.69) is 79.1 Å². The summed E-state index contributed by atoms with van der Waals surface area (Å²) >= 11 is 7.91. The number of amides is 1. The summed E-state index contributed by atoms with van der Waals surface area (Å²) in [5, 5.41) is 14.9. The number of fused-ring (bicyclic) bond motifs is 1. The molecule has 9 heteroatoms. The van der Waals surface area contributed by atoms with Gasteiger partial charge in [0.15, 0.2) is 8.68 Å². The lowest BCUT2D eigenvalue weighted by Gasteiger charge is -2.04. The first-order chi connectivity index (χ1) is 15.2. The molecule has 0 spiro atoms. The van der Waals surface area contributed by atoms with Crippen molar-refractivity contribution in [2.45, 2.75) is 14.4 Å². The fourth-order valence-corrected chi connectivity index (χ4v) is 5.84. The minimum absolute atomic E-state index is 0.182. The van der Waals surface area contributed by atoms with Crippen LogP contribution in [0.15, 0.2) is 85.0 Å². The third-order valence-electron chi connectivity index (χ3n) is 4.22. The van der Waals surface area contributed by atoms with E-state index in [1.54, 1.807) is 18.0 Å². The second-order valence-electron chi connectivity index (χ2n) is 6.39. The lowest BCUT2D eigenvalue weighted by molar-refractivity contribution is -0.118. The Morgan fingerprint density at radius 3 is 2.58 bits per heavy atom. The van der Waals surface area contributed by atoms with Gasteiger partial charge in [0.05, 0.1) is 12.0 Å². The van der Waals surface area contributed by atoms with Gasteiger partial charge in [0, 0.05) is 10.2 Å². The summed E-state index contributed by atoms with van der Waals surface area (Å²) in [5.74, 6) is 0.880. The van der Waals surface area contributed by atoms with E-state index in [0.717, 1.165) is 24.5 Å². The summed E-state index contributed by atoms with van der Waals surface area (Å²) in [4.78, 5) is 12.0. The number of halogens is 1. The first kappa shape index (κ1) is 22.0. The molecular formula is C22H17BrN4OS3. The number of carbonyl (C=O) groups is 1. The smallest absolute Gasteiger partial charge is 0.250 e. The molecule has 0 fully saturated rings. The standard InChI is InChI=1S/C22H17BrN4OS3/c23-18-10-8-15(9-11-18)12-24-25-20(28)14-30-22-27-26-21(31-22)29-13-17-6-3-5-16-4-1-2-7-19(16)17/h1-12H,13-14H2,(H,25,28)/b24-12+. The minimum Gasteiger partial charge on any atom is -0.272 e. The van der Waals surface area contributed by atoms with Gasteiger partial charge in [0.1, 0.15) is 0 Å². The Hall–Kier alpha value is -2.20. The lowest BCUT2D eigenvalue weighted by Crippen LogP contribution is -2.19. The van der Waals surface area contributed by atoms with Crippen LogP contribution >= 0.6 is 50.8 Å². The maximum atomic E-state index is 12.0. The maximum absolute atomic E-state index is 12.0. The number of carbonyl (C=O) groups excluding carboxylic acids is 1. The van der Waals surface area contributed by atoms with Crippen molar-refractivity contribution in [1.82, 2.24) is 15.6 Å². The number of benzene rings is 3. The van der Waals surface area contributed by atoms with Crippen molar-refractivity contribution in [3.8, 4) is 0 Å². The minimum atomic E-state index is -0.182. The van der Waals surface area contributed by atoms with E-state index >= 15 is 0 Å². The van der Waals surface area contributed by atoms with Crippen LogP contribution in [0, 0.1) is 0 Å². The largest absolute Gasteiger partial charge is 0.272 e. The van der Waals surface area contributed by atoms with E-state index in [4.69, 9.17) is 0 Å². The fourth-order valence-electron chi connectivity index (χ4n) is 2.76. The highest BCUT2D eigenvalue weighted by Gasteiger charge is 2.09. The molecule has 1 amide bonds. The maximum Gasteiger partial charge on any atom is 0.250 e. The molecule has 0 aliphatic rings. The number of rotatable bonds is 8. The highest BCUT2D eigenvalue weighted by molar-refractivity contribution is 9.10. The Labute approximate surface area is 200 Å². The van der Waals surface area contributed by atoms with Crippen LogP contribution in [0.2, 0.25) is 0 Å². The van der Waals surface area contributed by atoms with E-state index in [9.17, 15) is 4.79 Å². The Morgan fingerprint density at radius 2 is 1.74 bits per heavy atom. The number of hydrogen-bond acceptors (Lipinski definition) is 7. The first-order valence-corrected chi connectivity index (χ1v) is 12.9. The van der Waals surface area contributed by atoms with E-state index in [1.165, 1.54) is 39.4 Å². The Kier molecular flexibility index (Phi) is 7.74. The Bertz CT molecular complexity index is 1210. The average Bonchev–Trinajstić information content (AvgIpc) is 3.25. The van der Waals surface area contributed by atoms with E-state index in [-0.39, 0.29) is 11.7 Å². The molecule has 0 saturated carbocycles. The molecule has 4 rings (SSSR count). The van der Waals surface area contributed by atoms with Gasteiger partial charge >= 0.3 is 0 Å². The van der Waals surface area contributed by atoms with Crippen LogP contribution in [0.4, 0.5) is 0 Å². The average molecular weight is 530 g/mol. The van der Waals surface area contributed by atoms with Gasteiger partial charge in [-0.3, -0.25) is 4.79 Å². The molecule has 3 aromatic carbocycles. The number of hydrogen-bond donors (Lipinski definition) is 1. The zero-order valence-electron chi connectivity index (χ0n) is 16.2. The van der Waals surface area contributed by atoms with Crippen LogP contribution in [-0.2, 0) is 10.5 Å². The molecule has 4 aromatic rings. The van der Waals surface area contributed by atoms with Gasteiger partial charge in [-0.15, -0.1) is 10.2 Å². The molecule has 1 aromatic heterocycles. The van der Waals surface area contributed by atoms with E-state index < -0.39 is 0 Å². The van der Waals surface area contributed by atoms with Crippen LogP contribution in [0.25, 0.3) is 10.8 Å². The summed E-state index contributed by atoms with van der Waals surface area (Å²) in [5.41, 5.74) is 4.72.